The highest BCUT2D eigenvalue weighted by atomic mass is 35.7. The van der Waals surface area contributed by atoms with E-state index in [9.17, 15) is 22.0 Å². The summed E-state index contributed by atoms with van der Waals surface area (Å²) < 4.78 is 48.9. The topological polar surface area (TPSA) is 63.2 Å². The van der Waals surface area contributed by atoms with E-state index in [4.69, 9.17) is 10.7 Å². The van der Waals surface area contributed by atoms with Crippen LogP contribution in [0, 0.1) is 11.6 Å². The van der Waals surface area contributed by atoms with Gasteiger partial charge in [0.2, 0.25) is 0 Å². The molecule has 1 aromatic heterocycles. The first-order valence-electron chi connectivity index (χ1n) is 5.54. The molecular weight excluding hydrogens is 344 g/mol. The summed E-state index contributed by atoms with van der Waals surface area (Å²) in [6.45, 7) is -0.0658. The highest BCUT2D eigenvalue weighted by molar-refractivity contribution is 8.15. The fourth-order valence-electron chi connectivity index (χ4n) is 1.55. The predicted molar refractivity (Wildman–Crippen MR) is 74.9 cm³/mol. The second-order valence-corrected chi connectivity index (χ2v) is 7.90. The second-order valence-electron chi connectivity index (χ2n) is 3.94. The Bertz CT molecular complexity index is 769. The Hall–Kier alpha value is -1.51. The Morgan fingerprint density at radius 1 is 1.19 bits per heavy atom. The first kappa shape index (κ1) is 15.9. The van der Waals surface area contributed by atoms with Crippen LogP contribution in [0.1, 0.15) is 15.2 Å². The van der Waals surface area contributed by atoms with Gasteiger partial charge in [-0.15, -0.1) is 11.3 Å². The first-order chi connectivity index (χ1) is 9.79. The zero-order valence-electron chi connectivity index (χ0n) is 10.3. The number of carbonyl (C=O) groups excluding carboxylic acids is 1. The average molecular weight is 352 g/mol. The number of hydrogen-bond donors (Lipinski definition) is 1. The van der Waals surface area contributed by atoms with E-state index in [0.29, 0.717) is 4.88 Å². The Kier molecular flexibility index (Phi) is 4.60. The molecule has 0 aliphatic heterocycles. The maximum Gasteiger partial charge on any atom is 0.270 e. The third kappa shape index (κ3) is 3.78. The van der Waals surface area contributed by atoms with Crippen molar-refractivity contribution in [1.29, 1.82) is 0 Å². The molecule has 112 valence electrons. The maximum atomic E-state index is 13.4. The van der Waals surface area contributed by atoms with Gasteiger partial charge < -0.3 is 5.32 Å². The molecule has 2 rings (SSSR count). The van der Waals surface area contributed by atoms with Gasteiger partial charge in [0.15, 0.2) is 0 Å². The molecule has 0 aliphatic rings. The van der Waals surface area contributed by atoms with Crippen molar-refractivity contribution in [3.8, 4) is 0 Å². The molecule has 1 N–H and O–H groups in total. The van der Waals surface area contributed by atoms with Crippen molar-refractivity contribution in [2.24, 2.45) is 0 Å². The number of benzene rings is 1. The highest BCUT2D eigenvalue weighted by Gasteiger charge is 2.18. The van der Waals surface area contributed by atoms with Gasteiger partial charge in [-0.1, -0.05) is 6.07 Å². The molecule has 0 fully saturated rings. The largest absolute Gasteiger partial charge is 0.347 e. The van der Waals surface area contributed by atoms with Gasteiger partial charge in [0.25, 0.3) is 15.0 Å². The number of carbonyl (C=O) groups is 1. The fourth-order valence-corrected chi connectivity index (χ4v) is 3.62. The summed E-state index contributed by atoms with van der Waals surface area (Å²) in [5.41, 5.74) is -0.681. The molecule has 1 heterocycles. The van der Waals surface area contributed by atoms with Crippen molar-refractivity contribution in [3.63, 3.8) is 0 Å². The molecule has 21 heavy (non-hydrogen) atoms. The predicted octanol–water partition coefficient (Wildman–Crippen LogP) is 2.88. The van der Waals surface area contributed by atoms with E-state index in [2.05, 4.69) is 5.32 Å². The Labute approximate surface area is 127 Å². The van der Waals surface area contributed by atoms with Gasteiger partial charge >= 0.3 is 0 Å². The van der Waals surface area contributed by atoms with Gasteiger partial charge in [0.1, 0.15) is 21.4 Å². The third-order valence-corrected chi connectivity index (χ3v) is 5.67. The molecule has 4 nitrogen and oxygen atoms in total. The summed E-state index contributed by atoms with van der Waals surface area (Å²) in [5, 5.41) is 2.32. The normalized spacial score (nSPS) is 11.4. The number of amides is 1. The van der Waals surface area contributed by atoms with Crippen molar-refractivity contribution >= 4 is 37.0 Å². The molecule has 9 heteroatoms. The Balaban J connectivity index is 2.10. The monoisotopic (exact) mass is 351 g/mol. The summed E-state index contributed by atoms with van der Waals surface area (Å²) in [6.07, 6.45) is 0. The fraction of sp³-hybridized carbons (Fsp3) is 0.0833. The van der Waals surface area contributed by atoms with Crippen LogP contribution in [0.15, 0.2) is 34.5 Å². The minimum atomic E-state index is -3.83. The minimum Gasteiger partial charge on any atom is -0.347 e. The molecule has 0 radical (unpaired) electrons. The van der Waals surface area contributed by atoms with Crippen molar-refractivity contribution < 1.29 is 22.0 Å². The molecule has 1 aromatic carbocycles. The van der Waals surface area contributed by atoms with Crippen LogP contribution in [0.3, 0.4) is 0 Å². The van der Waals surface area contributed by atoms with E-state index in [1.54, 1.807) is 0 Å². The van der Waals surface area contributed by atoms with Gasteiger partial charge in [-0.25, -0.2) is 17.2 Å². The zero-order valence-corrected chi connectivity index (χ0v) is 12.7. The van der Waals surface area contributed by atoms with Crippen LogP contribution in [0.4, 0.5) is 8.78 Å². The molecule has 1 amide bonds. The van der Waals surface area contributed by atoms with Crippen LogP contribution < -0.4 is 5.32 Å². The lowest BCUT2D eigenvalue weighted by Gasteiger charge is -2.05. The van der Waals surface area contributed by atoms with Gasteiger partial charge in [-0.05, 0) is 24.3 Å². The summed E-state index contributed by atoms with van der Waals surface area (Å²) in [4.78, 5) is 12.2. The summed E-state index contributed by atoms with van der Waals surface area (Å²) in [7, 11) is 1.34. The molecule has 0 unspecified atom stereocenters. The quantitative estimate of drug-likeness (QED) is 0.861. The molecule has 0 bridgehead atoms. The SMILES string of the molecule is O=C(NCc1ccc(S(=O)(=O)Cl)s1)c1c(F)cccc1F. The lowest BCUT2D eigenvalue weighted by molar-refractivity contribution is 0.0943. The summed E-state index contributed by atoms with van der Waals surface area (Å²) in [6, 6.07) is 5.84. The maximum absolute atomic E-state index is 13.4. The van der Waals surface area contributed by atoms with Crippen LogP contribution in [0.5, 0.6) is 0 Å². The summed E-state index contributed by atoms with van der Waals surface area (Å²) >= 11 is 0.863. The van der Waals surface area contributed by atoms with Crippen molar-refractivity contribution in [2.75, 3.05) is 0 Å². The van der Waals surface area contributed by atoms with Crippen LogP contribution in [-0.2, 0) is 15.6 Å². The molecule has 0 spiro atoms. The summed E-state index contributed by atoms with van der Waals surface area (Å²) in [5.74, 6) is -2.86. The van der Waals surface area contributed by atoms with Gasteiger partial charge in [0.05, 0.1) is 6.54 Å². The van der Waals surface area contributed by atoms with Crippen LogP contribution >= 0.6 is 22.0 Å². The molecule has 0 atom stereocenters. The number of hydrogen-bond acceptors (Lipinski definition) is 4. The minimum absolute atomic E-state index is 0.0644. The van der Waals surface area contributed by atoms with E-state index in [-0.39, 0.29) is 10.8 Å². The number of halogens is 3. The Morgan fingerprint density at radius 2 is 1.81 bits per heavy atom. The number of rotatable bonds is 4. The molecule has 0 saturated heterocycles. The molecule has 2 aromatic rings. The zero-order chi connectivity index (χ0) is 15.6. The standard InChI is InChI=1S/C12H8ClF2NO3S2/c13-21(18,19)10-5-4-7(20-10)6-16-12(17)11-8(14)2-1-3-9(11)15/h1-5H,6H2,(H,16,17). The molecule has 0 aliphatic carbocycles. The van der Waals surface area contributed by atoms with Crippen LogP contribution in [-0.4, -0.2) is 14.3 Å². The third-order valence-electron chi connectivity index (χ3n) is 2.49. The molecular formula is C12H8ClF2NO3S2. The average Bonchev–Trinajstić information content (AvgIpc) is 2.84. The van der Waals surface area contributed by atoms with Crippen molar-refractivity contribution in [3.05, 3.63) is 52.4 Å². The van der Waals surface area contributed by atoms with Gasteiger partial charge in [-0.2, -0.15) is 0 Å². The van der Waals surface area contributed by atoms with Crippen molar-refractivity contribution in [1.82, 2.24) is 5.32 Å². The van der Waals surface area contributed by atoms with E-state index in [0.717, 1.165) is 29.5 Å². The van der Waals surface area contributed by atoms with Crippen molar-refractivity contribution in [2.45, 2.75) is 10.8 Å². The second kappa shape index (κ2) is 6.08. The molecule has 0 saturated carbocycles. The number of thiophene rings is 1. The van der Waals surface area contributed by atoms with Gasteiger partial charge in [-0.3, -0.25) is 4.79 Å². The van der Waals surface area contributed by atoms with Crippen LogP contribution in [0.2, 0.25) is 0 Å². The Morgan fingerprint density at radius 3 is 2.33 bits per heavy atom. The van der Waals surface area contributed by atoms with Gasteiger partial charge in [0, 0.05) is 15.6 Å². The van der Waals surface area contributed by atoms with E-state index < -0.39 is 32.2 Å². The van der Waals surface area contributed by atoms with E-state index in [1.165, 1.54) is 12.1 Å². The van der Waals surface area contributed by atoms with E-state index >= 15 is 0 Å². The highest BCUT2D eigenvalue weighted by Crippen LogP contribution is 2.24. The first-order valence-corrected chi connectivity index (χ1v) is 8.67. The smallest absolute Gasteiger partial charge is 0.270 e. The van der Waals surface area contributed by atoms with Crippen LogP contribution in [0.25, 0.3) is 0 Å². The lowest BCUT2D eigenvalue weighted by atomic mass is 10.2. The number of nitrogens with one attached hydrogen (secondary N) is 1. The van der Waals surface area contributed by atoms with E-state index in [1.807, 2.05) is 0 Å². The lowest BCUT2D eigenvalue weighted by Crippen LogP contribution is -2.24.